The lowest BCUT2D eigenvalue weighted by Crippen LogP contribution is -2.34. The van der Waals surface area contributed by atoms with Gasteiger partial charge in [0.15, 0.2) is 0 Å². The molecule has 6 heteroatoms. The van der Waals surface area contributed by atoms with Gasteiger partial charge in [-0.1, -0.05) is 29.8 Å². The highest BCUT2D eigenvalue weighted by Crippen LogP contribution is 2.36. The van der Waals surface area contributed by atoms with E-state index in [2.05, 4.69) is 5.32 Å². The predicted octanol–water partition coefficient (Wildman–Crippen LogP) is 3.12. The minimum atomic E-state index is -0.392. The van der Waals surface area contributed by atoms with E-state index in [-0.39, 0.29) is 18.2 Å². The van der Waals surface area contributed by atoms with Gasteiger partial charge in [0.1, 0.15) is 6.61 Å². The van der Waals surface area contributed by atoms with Crippen LogP contribution in [0.3, 0.4) is 0 Å². The molecule has 1 aliphatic heterocycles. The Morgan fingerprint density at radius 3 is 2.86 bits per heavy atom. The van der Waals surface area contributed by atoms with Crippen LogP contribution in [0, 0.1) is 0 Å². The van der Waals surface area contributed by atoms with E-state index in [0.717, 1.165) is 11.3 Å². The zero-order valence-corrected chi connectivity index (χ0v) is 14.1. The highest BCUT2D eigenvalue weighted by Gasteiger charge is 2.33. The second-order valence-electron chi connectivity index (χ2n) is 4.99. The van der Waals surface area contributed by atoms with E-state index in [4.69, 9.17) is 16.3 Å². The largest absolute Gasteiger partial charge is 0.461 e. The number of carbonyl (C=O) groups is 2. The molecular formula is C16H18ClNO3S. The smallest absolute Gasteiger partial charge is 0.336 e. The van der Waals surface area contributed by atoms with Crippen LogP contribution in [0.2, 0.25) is 5.02 Å². The molecule has 1 N–H and O–H groups in total. The van der Waals surface area contributed by atoms with Gasteiger partial charge in [-0.2, -0.15) is 11.8 Å². The average molecular weight is 340 g/mol. The summed E-state index contributed by atoms with van der Waals surface area (Å²) in [5, 5.41) is 3.26. The number of hydrogen-bond donors (Lipinski definition) is 1. The van der Waals surface area contributed by atoms with E-state index in [1.807, 2.05) is 24.5 Å². The molecule has 0 saturated carbocycles. The van der Waals surface area contributed by atoms with Gasteiger partial charge in [-0.15, -0.1) is 0 Å². The van der Waals surface area contributed by atoms with Crippen molar-refractivity contribution in [2.75, 3.05) is 18.6 Å². The Balaban J connectivity index is 2.33. The topological polar surface area (TPSA) is 55.4 Å². The number of amides is 1. The minimum Gasteiger partial charge on any atom is -0.461 e. The number of halogens is 1. The fraction of sp³-hybridized carbons (Fsp3) is 0.375. The van der Waals surface area contributed by atoms with E-state index in [1.54, 1.807) is 24.8 Å². The first kappa shape index (κ1) is 16.9. The maximum atomic E-state index is 12.4. The molecule has 4 nitrogen and oxygen atoms in total. The normalized spacial score (nSPS) is 18.1. The van der Waals surface area contributed by atoms with Crippen LogP contribution in [0.1, 0.15) is 24.8 Å². The van der Waals surface area contributed by atoms with Gasteiger partial charge in [-0.3, -0.25) is 4.79 Å². The van der Waals surface area contributed by atoms with Crippen LogP contribution in [0.4, 0.5) is 0 Å². The second-order valence-corrected chi connectivity index (χ2v) is 6.39. The Hall–Kier alpha value is -1.46. The Kier molecular flexibility index (Phi) is 5.91. The maximum Gasteiger partial charge on any atom is 0.336 e. The molecule has 1 aromatic rings. The molecule has 22 heavy (non-hydrogen) atoms. The summed E-state index contributed by atoms with van der Waals surface area (Å²) in [6.45, 7) is 2.06. The lowest BCUT2D eigenvalue weighted by Gasteiger charge is -2.27. The van der Waals surface area contributed by atoms with Gasteiger partial charge in [0.05, 0.1) is 5.57 Å². The molecular weight excluding hydrogens is 322 g/mol. The second kappa shape index (κ2) is 7.70. The van der Waals surface area contributed by atoms with Gasteiger partial charge >= 0.3 is 5.97 Å². The number of ether oxygens (including phenoxy) is 1. The Morgan fingerprint density at radius 1 is 1.45 bits per heavy atom. The molecule has 1 aliphatic rings. The molecule has 0 fully saturated rings. The Morgan fingerprint density at radius 2 is 2.18 bits per heavy atom. The summed E-state index contributed by atoms with van der Waals surface area (Å²) >= 11 is 7.85. The lowest BCUT2D eigenvalue weighted by atomic mass is 9.84. The molecule has 1 heterocycles. The highest BCUT2D eigenvalue weighted by molar-refractivity contribution is 7.98. The van der Waals surface area contributed by atoms with Crippen molar-refractivity contribution in [1.29, 1.82) is 0 Å². The zero-order valence-electron chi connectivity index (χ0n) is 12.5. The molecule has 0 aromatic heterocycles. The highest BCUT2D eigenvalue weighted by atomic mass is 35.5. The van der Waals surface area contributed by atoms with Crippen molar-refractivity contribution in [2.24, 2.45) is 0 Å². The fourth-order valence-electron chi connectivity index (χ4n) is 2.49. The molecule has 0 unspecified atom stereocenters. The van der Waals surface area contributed by atoms with Crippen molar-refractivity contribution in [3.05, 3.63) is 46.1 Å². The van der Waals surface area contributed by atoms with Gasteiger partial charge < -0.3 is 10.1 Å². The molecule has 0 spiro atoms. The molecule has 118 valence electrons. The maximum absolute atomic E-state index is 12.4. The first-order chi connectivity index (χ1) is 10.5. The summed E-state index contributed by atoms with van der Waals surface area (Å²) in [6.07, 6.45) is 2.14. The average Bonchev–Trinajstić information content (AvgIpc) is 2.47. The van der Waals surface area contributed by atoms with Crippen LogP contribution in [-0.4, -0.2) is 30.5 Å². The Bertz CT molecular complexity index is 615. The van der Waals surface area contributed by atoms with E-state index < -0.39 is 5.97 Å². The van der Waals surface area contributed by atoms with Crippen molar-refractivity contribution in [1.82, 2.24) is 5.32 Å². The predicted molar refractivity (Wildman–Crippen MR) is 89.0 cm³/mol. The third kappa shape index (κ3) is 3.84. The molecule has 0 radical (unpaired) electrons. The number of carbonyl (C=O) groups excluding carboxylic acids is 2. The number of rotatable bonds is 5. The van der Waals surface area contributed by atoms with Crippen molar-refractivity contribution in [3.63, 3.8) is 0 Å². The summed E-state index contributed by atoms with van der Waals surface area (Å²) in [7, 11) is 0. The molecule has 1 aromatic carbocycles. The number of esters is 1. The molecule has 1 atom stereocenters. The molecule has 0 saturated heterocycles. The van der Waals surface area contributed by atoms with E-state index in [9.17, 15) is 9.59 Å². The van der Waals surface area contributed by atoms with Gasteiger partial charge in [0.25, 0.3) is 0 Å². The molecule has 0 aliphatic carbocycles. The third-order valence-corrected chi connectivity index (χ3v) is 4.41. The van der Waals surface area contributed by atoms with Crippen molar-refractivity contribution in [3.8, 4) is 0 Å². The minimum absolute atomic E-state index is 0.122. The zero-order chi connectivity index (χ0) is 16.1. The SMILES string of the molecule is CSCCOC(=O)C1=C(C)NC(=O)C[C@@H]1c1ccccc1Cl. The molecule has 1 amide bonds. The number of benzene rings is 1. The summed E-state index contributed by atoms with van der Waals surface area (Å²) < 4.78 is 5.31. The van der Waals surface area contributed by atoms with E-state index in [1.165, 1.54) is 0 Å². The van der Waals surface area contributed by atoms with Crippen LogP contribution in [0.5, 0.6) is 0 Å². The summed E-state index contributed by atoms with van der Waals surface area (Å²) in [5.74, 6) is -0.148. The lowest BCUT2D eigenvalue weighted by molar-refractivity contribution is -0.139. The van der Waals surface area contributed by atoms with Crippen LogP contribution in [-0.2, 0) is 14.3 Å². The Labute approximate surface area is 139 Å². The van der Waals surface area contributed by atoms with Crippen molar-refractivity contribution < 1.29 is 14.3 Å². The monoisotopic (exact) mass is 339 g/mol. The summed E-state index contributed by atoms with van der Waals surface area (Å²) in [4.78, 5) is 24.3. The van der Waals surface area contributed by atoms with Gasteiger partial charge in [-0.05, 0) is 24.8 Å². The van der Waals surface area contributed by atoms with Crippen LogP contribution < -0.4 is 5.32 Å². The van der Waals surface area contributed by atoms with Crippen molar-refractivity contribution in [2.45, 2.75) is 19.3 Å². The summed E-state index contributed by atoms with van der Waals surface area (Å²) in [5.41, 5.74) is 1.79. The standard InChI is InChI=1S/C16H18ClNO3S/c1-10-15(16(20)21-7-8-22-2)12(9-14(19)18-10)11-5-3-4-6-13(11)17/h3-6,12H,7-9H2,1-2H3,(H,18,19)/t12-/m1/s1. The molecule has 0 bridgehead atoms. The summed E-state index contributed by atoms with van der Waals surface area (Å²) in [6, 6.07) is 7.27. The number of nitrogens with one attached hydrogen (secondary N) is 1. The number of hydrogen-bond acceptors (Lipinski definition) is 4. The van der Waals surface area contributed by atoms with Crippen LogP contribution in [0.25, 0.3) is 0 Å². The van der Waals surface area contributed by atoms with E-state index in [0.29, 0.717) is 22.9 Å². The molecule has 2 rings (SSSR count). The fourth-order valence-corrected chi connectivity index (χ4v) is 3.01. The quantitative estimate of drug-likeness (QED) is 0.661. The first-order valence-corrected chi connectivity index (χ1v) is 8.73. The third-order valence-electron chi connectivity index (χ3n) is 3.49. The first-order valence-electron chi connectivity index (χ1n) is 6.95. The van der Waals surface area contributed by atoms with Gasteiger partial charge in [0.2, 0.25) is 5.91 Å². The van der Waals surface area contributed by atoms with Gasteiger partial charge in [0, 0.05) is 28.8 Å². The number of thioether (sulfide) groups is 1. The van der Waals surface area contributed by atoms with Gasteiger partial charge in [-0.25, -0.2) is 4.79 Å². The van der Waals surface area contributed by atoms with E-state index >= 15 is 0 Å². The van der Waals surface area contributed by atoms with Crippen LogP contribution in [0.15, 0.2) is 35.5 Å². The number of allylic oxidation sites excluding steroid dienone is 1. The van der Waals surface area contributed by atoms with Crippen LogP contribution >= 0.6 is 23.4 Å². The van der Waals surface area contributed by atoms with Crippen molar-refractivity contribution >= 4 is 35.2 Å².